The molecule has 25 heavy (non-hydrogen) atoms. The SMILES string of the molecule is O=C(NCC1(C(O)c2ccccc2)CC1)Nc1ccc2c(c1)COC2. The molecule has 0 spiro atoms. The third-order valence-electron chi connectivity index (χ3n) is 5.17. The zero-order chi connectivity index (χ0) is 17.3. The normalized spacial score (nSPS) is 18.3. The zero-order valence-electron chi connectivity index (χ0n) is 14.0. The molecule has 3 N–H and O–H groups in total. The summed E-state index contributed by atoms with van der Waals surface area (Å²) in [6, 6.07) is 15.2. The van der Waals surface area contributed by atoms with Crippen LogP contribution in [0.2, 0.25) is 0 Å². The number of hydrogen-bond acceptors (Lipinski definition) is 3. The number of ether oxygens (including phenoxy) is 1. The molecule has 2 aliphatic rings. The van der Waals surface area contributed by atoms with E-state index >= 15 is 0 Å². The Bertz CT molecular complexity index is 772. The fourth-order valence-electron chi connectivity index (χ4n) is 3.38. The molecule has 2 aromatic rings. The molecule has 2 amide bonds. The molecule has 1 aliphatic heterocycles. The number of rotatable bonds is 5. The molecule has 0 radical (unpaired) electrons. The molecular weight excluding hydrogens is 316 g/mol. The topological polar surface area (TPSA) is 70.6 Å². The van der Waals surface area contributed by atoms with Crippen LogP contribution < -0.4 is 10.6 Å². The summed E-state index contributed by atoms with van der Waals surface area (Å²) in [4.78, 5) is 12.2. The Hall–Kier alpha value is -2.37. The van der Waals surface area contributed by atoms with Crippen molar-refractivity contribution in [3.8, 4) is 0 Å². The lowest BCUT2D eigenvalue weighted by atomic mass is 9.93. The van der Waals surface area contributed by atoms with E-state index in [9.17, 15) is 9.90 Å². The smallest absolute Gasteiger partial charge is 0.319 e. The summed E-state index contributed by atoms with van der Waals surface area (Å²) in [6.45, 7) is 1.70. The van der Waals surface area contributed by atoms with Crippen LogP contribution in [0.5, 0.6) is 0 Å². The molecule has 2 aromatic carbocycles. The van der Waals surface area contributed by atoms with Crippen molar-refractivity contribution in [1.29, 1.82) is 0 Å². The number of fused-ring (bicyclic) bond motifs is 1. The van der Waals surface area contributed by atoms with Crippen molar-refractivity contribution in [3.05, 3.63) is 65.2 Å². The van der Waals surface area contributed by atoms with Gasteiger partial charge in [0.1, 0.15) is 0 Å². The number of benzene rings is 2. The molecule has 130 valence electrons. The fourth-order valence-corrected chi connectivity index (χ4v) is 3.38. The maximum absolute atomic E-state index is 12.2. The Morgan fingerprint density at radius 1 is 1.12 bits per heavy atom. The third-order valence-corrected chi connectivity index (χ3v) is 5.17. The second-order valence-corrected chi connectivity index (χ2v) is 6.96. The number of hydrogen-bond donors (Lipinski definition) is 3. The number of amides is 2. The molecule has 1 atom stereocenters. The van der Waals surface area contributed by atoms with E-state index in [0.29, 0.717) is 19.8 Å². The van der Waals surface area contributed by atoms with Crippen molar-refractivity contribution in [2.45, 2.75) is 32.2 Å². The van der Waals surface area contributed by atoms with E-state index in [1.807, 2.05) is 48.5 Å². The first-order valence-corrected chi connectivity index (χ1v) is 8.64. The molecule has 1 aliphatic carbocycles. The van der Waals surface area contributed by atoms with Crippen LogP contribution in [0.25, 0.3) is 0 Å². The highest BCUT2D eigenvalue weighted by molar-refractivity contribution is 5.89. The monoisotopic (exact) mass is 338 g/mol. The predicted octanol–water partition coefficient (Wildman–Crippen LogP) is 3.35. The summed E-state index contributed by atoms with van der Waals surface area (Å²) >= 11 is 0. The average molecular weight is 338 g/mol. The molecule has 1 saturated carbocycles. The van der Waals surface area contributed by atoms with Crippen molar-refractivity contribution in [2.24, 2.45) is 5.41 Å². The lowest BCUT2D eigenvalue weighted by Crippen LogP contribution is -2.36. The zero-order valence-corrected chi connectivity index (χ0v) is 14.0. The van der Waals surface area contributed by atoms with E-state index in [2.05, 4.69) is 10.6 Å². The summed E-state index contributed by atoms with van der Waals surface area (Å²) in [6.07, 6.45) is 1.28. The molecule has 0 bridgehead atoms. The first-order chi connectivity index (χ1) is 12.2. The van der Waals surface area contributed by atoms with E-state index in [1.54, 1.807) is 0 Å². The Morgan fingerprint density at radius 3 is 2.64 bits per heavy atom. The molecule has 1 heterocycles. The largest absolute Gasteiger partial charge is 0.388 e. The van der Waals surface area contributed by atoms with Gasteiger partial charge in [-0.2, -0.15) is 0 Å². The van der Waals surface area contributed by atoms with Crippen molar-refractivity contribution >= 4 is 11.7 Å². The van der Waals surface area contributed by atoms with Crippen LogP contribution in [0, 0.1) is 5.41 Å². The van der Waals surface area contributed by atoms with Crippen molar-refractivity contribution in [3.63, 3.8) is 0 Å². The van der Waals surface area contributed by atoms with Crippen LogP contribution in [0.1, 0.15) is 35.6 Å². The quantitative estimate of drug-likeness (QED) is 0.783. The number of anilines is 1. The number of urea groups is 1. The Labute approximate surface area is 147 Å². The maximum atomic E-state index is 12.2. The Balaban J connectivity index is 1.34. The lowest BCUT2D eigenvalue weighted by molar-refractivity contribution is 0.0936. The van der Waals surface area contributed by atoms with Crippen LogP contribution in [0.3, 0.4) is 0 Å². The van der Waals surface area contributed by atoms with Gasteiger partial charge in [0.2, 0.25) is 0 Å². The molecular formula is C20H22N2O3. The van der Waals surface area contributed by atoms with Gasteiger partial charge < -0.3 is 20.5 Å². The van der Waals surface area contributed by atoms with Gasteiger partial charge in [-0.3, -0.25) is 0 Å². The van der Waals surface area contributed by atoms with Gasteiger partial charge in [-0.1, -0.05) is 36.4 Å². The highest BCUT2D eigenvalue weighted by atomic mass is 16.5. The van der Waals surface area contributed by atoms with Gasteiger partial charge in [0, 0.05) is 17.6 Å². The number of carbonyl (C=O) groups excluding carboxylic acids is 1. The van der Waals surface area contributed by atoms with Gasteiger partial charge in [0.25, 0.3) is 0 Å². The lowest BCUT2D eigenvalue weighted by Gasteiger charge is -2.23. The first kappa shape index (κ1) is 16.1. The van der Waals surface area contributed by atoms with E-state index < -0.39 is 6.10 Å². The Kier molecular flexibility index (Phi) is 4.19. The molecule has 5 heteroatoms. The maximum Gasteiger partial charge on any atom is 0.319 e. The van der Waals surface area contributed by atoms with Gasteiger partial charge >= 0.3 is 6.03 Å². The Morgan fingerprint density at radius 2 is 1.88 bits per heavy atom. The molecule has 1 fully saturated rings. The van der Waals surface area contributed by atoms with Crippen molar-refractivity contribution < 1.29 is 14.6 Å². The highest BCUT2D eigenvalue weighted by Crippen LogP contribution is 2.54. The van der Waals surface area contributed by atoms with Crippen LogP contribution in [0.4, 0.5) is 10.5 Å². The minimum absolute atomic E-state index is 0.245. The fraction of sp³-hybridized carbons (Fsp3) is 0.350. The van der Waals surface area contributed by atoms with Crippen molar-refractivity contribution in [1.82, 2.24) is 5.32 Å². The number of nitrogens with one attached hydrogen (secondary N) is 2. The van der Waals surface area contributed by atoms with E-state index in [1.165, 1.54) is 5.56 Å². The van der Waals surface area contributed by atoms with Gasteiger partial charge in [0.15, 0.2) is 0 Å². The van der Waals surface area contributed by atoms with Gasteiger partial charge in [-0.15, -0.1) is 0 Å². The summed E-state index contributed by atoms with van der Waals surface area (Å²) in [5, 5.41) is 16.4. The second kappa shape index (κ2) is 6.50. The van der Waals surface area contributed by atoms with Crippen LogP contribution >= 0.6 is 0 Å². The van der Waals surface area contributed by atoms with Gasteiger partial charge in [-0.05, 0) is 41.7 Å². The minimum Gasteiger partial charge on any atom is -0.388 e. The van der Waals surface area contributed by atoms with Crippen molar-refractivity contribution in [2.75, 3.05) is 11.9 Å². The average Bonchev–Trinajstić information content (AvgIpc) is 3.29. The molecule has 1 unspecified atom stereocenters. The second-order valence-electron chi connectivity index (χ2n) is 6.96. The third kappa shape index (κ3) is 3.38. The van der Waals surface area contributed by atoms with Crippen LogP contribution in [-0.4, -0.2) is 17.7 Å². The number of aliphatic hydroxyl groups is 1. The molecule has 4 rings (SSSR count). The minimum atomic E-state index is -0.550. The standard InChI is InChI=1S/C20H22N2O3/c23-18(14-4-2-1-3-5-14)20(8-9-20)13-21-19(24)22-17-7-6-15-11-25-12-16(15)10-17/h1-7,10,18,23H,8-9,11-13H2,(H2,21,22,24). The van der Waals surface area contributed by atoms with Crippen LogP contribution in [-0.2, 0) is 18.0 Å². The predicted molar refractivity (Wildman–Crippen MR) is 95.0 cm³/mol. The van der Waals surface area contributed by atoms with Gasteiger partial charge in [0.05, 0.1) is 19.3 Å². The first-order valence-electron chi connectivity index (χ1n) is 8.64. The molecule has 5 nitrogen and oxygen atoms in total. The summed E-state index contributed by atoms with van der Waals surface area (Å²) in [7, 11) is 0. The summed E-state index contributed by atoms with van der Waals surface area (Å²) in [5.41, 5.74) is 3.71. The number of aliphatic hydroxyl groups excluding tert-OH is 1. The van der Waals surface area contributed by atoms with E-state index in [0.717, 1.165) is 29.7 Å². The van der Waals surface area contributed by atoms with Crippen LogP contribution in [0.15, 0.2) is 48.5 Å². The summed E-state index contributed by atoms with van der Waals surface area (Å²) < 4.78 is 5.39. The molecule has 0 aromatic heterocycles. The highest BCUT2D eigenvalue weighted by Gasteiger charge is 2.49. The molecule has 0 saturated heterocycles. The van der Waals surface area contributed by atoms with E-state index in [-0.39, 0.29) is 11.4 Å². The number of carbonyl (C=O) groups is 1. The van der Waals surface area contributed by atoms with E-state index in [4.69, 9.17) is 4.74 Å². The summed E-state index contributed by atoms with van der Waals surface area (Å²) in [5.74, 6) is 0. The van der Waals surface area contributed by atoms with Gasteiger partial charge in [-0.25, -0.2) is 4.79 Å².